The van der Waals surface area contributed by atoms with Gasteiger partial charge in [-0.3, -0.25) is 5.73 Å². The molecule has 5 nitrogen and oxygen atoms in total. The summed E-state index contributed by atoms with van der Waals surface area (Å²) in [6.45, 7) is 0. The van der Waals surface area contributed by atoms with E-state index in [0.29, 0.717) is 16.4 Å². The smallest absolute Gasteiger partial charge is 0.163 e. The fourth-order valence-corrected chi connectivity index (χ4v) is 2.45. The van der Waals surface area contributed by atoms with Crippen LogP contribution in [0.2, 0.25) is 5.02 Å². The van der Waals surface area contributed by atoms with Crippen LogP contribution in [0.3, 0.4) is 0 Å². The van der Waals surface area contributed by atoms with Crippen molar-refractivity contribution in [3.8, 4) is 12.3 Å². The number of nitrogen functional groups attached to an aromatic ring is 1. The summed E-state index contributed by atoms with van der Waals surface area (Å²) in [7, 11) is 0. The molecule has 0 aliphatic carbocycles. The van der Waals surface area contributed by atoms with Gasteiger partial charge in [-0.15, -0.1) is 6.42 Å². The highest BCUT2D eigenvalue weighted by Gasteiger charge is 2.34. The van der Waals surface area contributed by atoms with Crippen LogP contribution in [0.5, 0.6) is 0 Å². The molecule has 1 aliphatic rings. The lowest BCUT2D eigenvalue weighted by Gasteiger charge is -2.31. The number of hydrogen-bond donors (Lipinski definition) is 3. The number of halogens is 1. The first-order valence-electron chi connectivity index (χ1n) is 6.16. The van der Waals surface area contributed by atoms with Crippen LogP contribution in [0.25, 0.3) is 0 Å². The quantitative estimate of drug-likeness (QED) is 0.702. The van der Waals surface area contributed by atoms with Gasteiger partial charge in [0.15, 0.2) is 5.66 Å². The predicted octanol–water partition coefficient (Wildman–Crippen LogP) is 1.91. The van der Waals surface area contributed by atoms with Crippen LogP contribution in [0, 0.1) is 12.3 Å². The summed E-state index contributed by atoms with van der Waals surface area (Å²) < 4.78 is 0. The van der Waals surface area contributed by atoms with Gasteiger partial charge in [-0.05, 0) is 23.8 Å². The van der Waals surface area contributed by atoms with E-state index in [2.05, 4.69) is 21.2 Å². The zero-order valence-electron chi connectivity index (χ0n) is 11.0. The molecular weight excluding hydrogens is 286 g/mol. The Hall–Kier alpha value is -2.55. The van der Waals surface area contributed by atoms with Crippen molar-refractivity contribution >= 4 is 29.4 Å². The highest BCUT2D eigenvalue weighted by Crippen LogP contribution is 2.37. The number of pyridine rings is 1. The summed E-state index contributed by atoms with van der Waals surface area (Å²) in [5.74, 6) is 2.90. The molecule has 1 aromatic carbocycles. The van der Waals surface area contributed by atoms with E-state index in [4.69, 9.17) is 29.5 Å². The molecule has 1 atom stereocenters. The average molecular weight is 298 g/mol. The molecule has 6 heteroatoms. The molecule has 0 amide bonds. The first-order chi connectivity index (χ1) is 10.0. The first-order valence-corrected chi connectivity index (χ1v) is 6.54. The van der Waals surface area contributed by atoms with E-state index in [1.165, 1.54) is 6.34 Å². The molecule has 0 spiro atoms. The Labute approximate surface area is 127 Å². The van der Waals surface area contributed by atoms with Crippen LogP contribution in [0.1, 0.15) is 16.7 Å². The summed E-state index contributed by atoms with van der Waals surface area (Å²) in [5, 5.41) is 3.50. The number of nitrogens with one attached hydrogen (secondary N) is 1. The molecule has 1 aromatic heterocycles. The van der Waals surface area contributed by atoms with Crippen LogP contribution < -0.4 is 16.8 Å². The summed E-state index contributed by atoms with van der Waals surface area (Å²) in [6, 6.07) is 6.96. The van der Waals surface area contributed by atoms with Crippen molar-refractivity contribution in [3.63, 3.8) is 0 Å². The highest BCUT2D eigenvalue weighted by atomic mass is 35.5. The minimum absolute atomic E-state index is 0.369. The molecule has 3 rings (SSSR count). The van der Waals surface area contributed by atoms with Gasteiger partial charge in [0.1, 0.15) is 5.82 Å². The van der Waals surface area contributed by atoms with Gasteiger partial charge >= 0.3 is 0 Å². The number of terminal acetylenes is 1. The Morgan fingerprint density at radius 1 is 1.33 bits per heavy atom. The maximum Gasteiger partial charge on any atom is 0.163 e. The number of hydrogen-bond acceptors (Lipinski definition) is 5. The monoisotopic (exact) mass is 297 g/mol. The molecule has 2 heterocycles. The lowest BCUT2D eigenvalue weighted by Crippen LogP contribution is -2.39. The van der Waals surface area contributed by atoms with Crippen molar-refractivity contribution in [2.24, 2.45) is 10.7 Å². The minimum Gasteiger partial charge on any atom is -0.384 e. The van der Waals surface area contributed by atoms with Gasteiger partial charge in [0.25, 0.3) is 0 Å². The lowest BCUT2D eigenvalue weighted by molar-refractivity contribution is 0.570. The standard InChI is InChI=1S/C15H12ClN5/c1-2-9-5-10(3-4-12(9)16)15(18)11-6-14(17)19-7-13(11)20-8-21-15/h1,3-8H,18H2,(H2,17,19)(H,20,21). The number of aromatic nitrogens is 1. The Kier molecular flexibility index (Phi) is 3.05. The van der Waals surface area contributed by atoms with Crippen molar-refractivity contribution in [3.05, 3.63) is 52.2 Å². The Morgan fingerprint density at radius 3 is 2.90 bits per heavy atom. The molecule has 5 N–H and O–H groups in total. The van der Waals surface area contributed by atoms with Gasteiger partial charge < -0.3 is 11.1 Å². The topological polar surface area (TPSA) is 89.3 Å². The van der Waals surface area contributed by atoms with Gasteiger partial charge in [0.2, 0.25) is 0 Å². The van der Waals surface area contributed by atoms with Gasteiger partial charge in [0, 0.05) is 11.1 Å². The molecule has 0 radical (unpaired) electrons. The van der Waals surface area contributed by atoms with Crippen molar-refractivity contribution in [1.82, 2.24) is 4.98 Å². The van der Waals surface area contributed by atoms with Crippen molar-refractivity contribution in [2.45, 2.75) is 5.66 Å². The molecule has 1 unspecified atom stereocenters. The van der Waals surface area contributed by atoms with E-state index in [1.54, 1.807) is 30.5 Å². The van der Waals surface area contributed by atoms with Crippen LogP contribution in [0.4, 0.5) is 11.5 Å². The molecule has 0 bridgehead atoms. The van der Waals surface area contributed by atoms with Crippen LogP contribution in [-0.2, 0) is 5.66 Å². The summed E-state index contributed by atoms with van der Waals surface area (Å²) >= 11 is 6.04. The van der Waals surface area contributed by atoms with Crippen molar-refractivity contribution in [2.75, 3.05) is 11.1 Å². The van der Waals surface area contributed by atoms with Crippen molar-refractivity contribution < 1.29 is 0 Å². The summed E-state index contributed by atoms with van der Waals surface area (Å²) in [6.07, 6.45) is 8.61. The number of nitrogens with zero attached hydrogens (tertiary/aromatic N) is 2. The third kappa shape index (κ3) is 2.11. The zero-order valence-corrected chi connectivity index (χ0v) is 11.7. The number of rotatable bonds is 1. The number of fused-ring (bicyclic) bond motifs is 1. The largest absolute Gasteiger partial charge is 0.384 e. The fourth-order valence-electron chi connectivity index (χ4n) is 2.28. The van der Waals surface area contributed by atoms with E-state index < -0.39 is 5.66 Å². The second-order valence-electron chi connectivity index (χ2n) is 4.66. The van der Waals surface area contributed by atoms with E-state index in [0.717, 1.165) is 16.8 Å². The lowest BCUT2D eigenvalue weighted by atomic mass is 9.90. The van der Waals surface area contributed by atoms with E-state index in [1.807, 2.05) is 0 Å². The van der Waals surface area contributed by atoms with Crippen LogP contribution in [0.15, 0.2) is 35.5 Å². The first kappa shape index (κ1) is 13.4. The molecule has 2 aromatic rings. The second kappa shape index (κ2) is 4.77. The predicted molar refractivity (Wildman–Crippen MR) is 85.1 cm³/mol. The third-order valence-corrected chi connectivity index (χ3v) is 3.72. The second-order valence-corrected chi connectivity index (χ2v) is 5.07. The molecule has 1 aliphatic heterocycles. The minimum atomic E-state index is -1.09. The van der Waals surface area contributed by atoms with Gasteiger partial charge in [-0.2, -0.15) is 0 Å². The van der Waals surface area contributed by atoms with Crippen LogP contribution >= 0.6 is 11.6 Å². The van der Waals surface area contributed by atoms with Crippen LogP contribution in [-0.4, -0.2) is 11.3 Å². The number of anilines is 2. The molecule has 21 heavy (non-hydrogen) atoms. The molecular formula is C15H12ClN5. The zero-order chi connectivity index (χ0) is 15.0. The number of nitrogens with two attached hydrogens (primary N) is 2. The highest BCUT2D eigenvalue weighted by molar-refractivity contribution is 6.31. The Balaban J connectivity index is 2.22. The molecule has 104 valence electrons. The maximum atomic E-state index is 6.50. The van der Waals surface area contributed by atoms with Gasteiger partial charge in [-0.25, -0.2) is 9.98 Å². The number of aliphatic imine (C=N–C) groups is 1. The average Bonchev–Trinajstić information content (AvgIpc) is 2.48. The van der Waals surface area contributed by atoms with E-state index in [9.17, 15) is 0 Å². The SMILES string of the molecule is C#Cc1cc(C2(N)N=CNc3cnc(N)cc32)ccc1Cl. The summed E-state index contributed by atoms with van der Waals surface area (Å²) in [4.78, 5) is 8.41. The normalized spacial score (nSPS) is 19.5. The Morgan fingerprint density at radius 2 is 2.14 bits per heavy atom. The Bertz CT molecular complexity index is 793. The molecule has 0 saturated heterocycles. The van der Waals surface area contributed by atoms with E-state index in [-0.39, 0.29) is 0 Å². The number of benzene rings is 1. The van der Waals surface area contributed by atoms with Gasteiger partial charge in [-0.1, -0.05) is 23.6 Å². The fraction of sp³-hybridized carbons (Fsp3) is 0.0667. The molecule has 0 fully saturated rings. The van der Waals surface area contributed by atoms with E-state index >= 15 is 0 Å². The summed E-state index contributed by atoms with van der Waals surface area (Å²) in [5.41, 5.74) is 13.9. The van der Waals surface area contributed by atoms with Crippen molar-refractivity contribution in [1.29, 1.82) is 0 Å². The molecule has 0 saturated carbocycles. The van der Waals surface area contributed by atoms with Gasteiger partial charge in [0.05, 0.1) is 23.2 Å². The maximum absolute atomic E-state index is 6.50. The third-order valence-electron chi connectivity index (χ3n) is 3.39.